The van der Waals surface area contributed by atoms with Crippen molar-refractivity contribution in [1.29, 1.82) is 0 Å². The fraction of sp³-hybridized carbons (Fsp3) is 0.548. The van der Waals surface area contributed by atoms with Gasteiger partial charge in [-0.15, -0.1) is 0 Å². The number of morpholine rings is 1. The number of amides is 1. The van der Waals surface area contributed by atoms with Crippen LogP contribution in [0.5, 0.6) is 5.75 Å². The normalized spacial score (nSPS) is 23.9. The molecule has 0 spiro atoms. The number of nitrogens with zero attached hydrogens (tertiary/aromatic N) is 2. The third kappa shape index (κ3) is 5.83. The van der Waals surface area contributed by atoms with Gasteiger partial charge < -0.3 is 19.9 Å². The van der Waals surface area contributed by atoms with Gasteiger partial charge in [0.25, 0.3) is 5.91 Å². The molecule has 3 aliphatic rings. The van der Waals surface area contributed by atoms with Gasteiger partial charge in [-0.3, -0.25) is 14.8 Å². The van der Waals surface area contributed by atoms with Crippen LogP contribution in [0.25, 0.3) is 22.2 Å². The molecular weight excluding hydrogens is 492 g/mol. The molecule has 8 nitrogen and oxygen atoms in total. The lowest BCUT2D eigenvalue weighted by molar-refractivity contribution is -0.0361. The van der Waals surface area contributed by atoms with Crippen LogP contribution in [-0.2, 0) is 4.74 Å². The third-order valence-corrected chi connectivity index (χ3v) is 8.90. The maximum Gasteiger partial charge on any atom is 0.251 e. The van der Waals surface area contributed by atoms with E-state index in [2.05, 4.69) is 20.4 Å². The van der Waals surface area contributed by atoms with Gasteiger partial charge in [-0.25, -0.2) is 0 Å². The van der Waals surface area contributed by atoms with E-state index in [4.69, 9.17) is 9.47 Å². The number of aromatic nitrogens is 2. The topological polar surface area (TPSA) is 99.7 Å². The standard InChI is InChI=1S/C31H40N4O4/c36-24-5-4-6-26(20-24)39-25-10-7-22(8-11-25)29-27-19-23(9-12-28(27)33-34-29)30(37)32-21-31(13-2-1-3-14-31)35-15-17-38-18-16-35/h7-12,19,24,26,36H,1-6,13-18,20-21H2,(H,32,37)(H,33,34)/t24-,26+/m0/s1. The summed E-state index contributed by atoms with van der Waals surface area (Å²) in [7, 11) is 0. The number of H-pyrrole nitrogens is 1. The van der Waals surface area contributed by atoms with E-state index < -0.39 is 0 Å². The van der Waals surface area contributed by atoms with Crippen molar-refractivity contribution in [3.8, 4) is 17.0 Å². The molecular formula is C31H40N4O4. The molecule has 2 saturated carbocycles. The summed E-state index contributed by atoms with van der Waals surface area (Å²) in [6.07, 6.45) is 9.25. The first-order valence-corrected chi connectivity index (χ1v) is 14.6. The Kier molecular flexibility index (Phi) is 7.86. The highest BCUT2D eigenvalue weighted by molar-refractivity contribution is 6.01. The van der Waals surface area contributed by atoms with Gasteiger partial charge >= 0.3 is 0 Å². The van der Waals surface area contributed by atoms with Crippen molar-refractivity contribution in [1.82, 2.24) is 20.4 Å². The lowest BCUT2D eigenvalue weighted by Gasteiger charge is -2.48. The number of benzene rings is 2. The highest BCUT2D eigenvalue weighted by Crippen LogP contribution is 2.34. The van der Waals surface area contributed by atoms with Gasteiger partial charge in [0.2, 0.25) is 0 Å². The Morgan fingerprint density at radius 1 is 1.08 bits per heavy atom. The average molecular weight is 533 g/mol. The van der Waals surface area contributed by atoms with Gasteiger partial charge in [-0.05, 0) is 74.6 Å². The lowest BCUT2D eigenvalue weighted by Crippen LogP contribution is -2.59. The molecule has 1 amide bonds. The quantitative estimate of drug-likeness (QED) is 0.409. The highest BCUT2D eigenvalue weighted by Gasteiger charge is 2.39. The Morgan fingerprint density at radius 3 is 2.64 bits per heavy atom. The first-order valence-electron chi connectivity index (χ1n) is 14.6. The molecule has 0 unspecified atom stereocenters. The first-order chi connectivity index (χ1) is 19.1. The summed E-state index contributed by atoms with van der Waals surface area (Å²) in [4.78, 5) is 15.9. The molecule has 208 valence electrons. The molecule has 1 aromatic heterocycles. The summed E-state index contributed by atoms with van der Waals surface area (Å²) in [5.41, 5.74) is 3.35. The van der Waals surface area contributed by atoms with Crippen molar-refractivity contribution < 1.29 is 19.4 Å². The van der Waals surface area contributed by atoms with Crippen LogP contribution in [-0.4, -0.2) is 76.7 Å². The highest BCUT2D eigenvalue weighted by atomic mass is 16.5. The van der Waals surface area contributed by atoms with Gasteiger partial charge in [-0.2, -0.15) is 5.10 Å². The van der Waals surface area contributed by atoms with E-state index in [1.165, 1.54) is 19.3 Å². The van der Waals surface area contributed by atoms with Gasteiger partial charge in [0, 0.05) is 48.1 Å². The van der Waals surface area contributed by atoms with Crippen LogP contribution < -0.4 is 10.1 Å². The zero-order chi connectivity index (χ0) is 26.7. The molecule has 2 aliphatic carbocycles. The summed E-state index contributed by atoms with van der Waals surface area (Å²) in [5, 5.41) is 21.8. The number of carbonyl (C=O) groups excluding carboxylic acids is 1. The second-order valence-corrected chi connectivity index (χ2v) is 11.5. The van der Waals surface area contributed by atoms with Gasteiger partial charge in [0.1, 0.15) is 11.9 Å². The van der Waals surface area contributed by atoms with Crippen molar-refractivity contribution in [2.45, 2.75) is 75.5 Å². The van der Waals surface area contributed by atoms with Crippen molar-refractivity contribution in [3.63, 3.8) is 0 Å². The van der Waals surface area contributed by atoms with Crippen molar-refractivity contribution in [2.24, 2.45) is 0 Å². The van der Waals surface area contributed by atoms with Crippen molar-refractivity contribution in [3.05, 3.63) is 48.0 Å². The van der Waals surface area contributed by atoms with E-state index in [-0.39, 0.29) is 23.7 Å². The fourth-order valence-electron chi connectivity index (χ4n) is 6.69. The Bertz CT molecular complexity index is 1260. The van der Waals surface area contributed by atoms with Crippen LogP contribution >= 0.6 is 0 Å². The minimum absolute atomic E-state index is 0.0299. The predicted octanol–water partition coefficient (Wildman–Crippen LogP) is 4.68. The van der Waals surface area contributed by atoms with Crippen molar-refractivity contribution in [2.75, 3.05) is 32.8 Å². The summed E-state index contributed by atoms with van der Waals surface area (Å²) >= 11 is 0. The number of aliphatic hydroxyl groups excluding tert-OH is 1. The molecule has 6 rings (SSSR count). The number of aliphatic hydroxyl groups is 1. The summed E-state index contributed by atoms with van der Waals surface area (Å²) in [5.74, 6) is 0.760. The molecule has 39 heavy (non-hydrogen) atoms. The van der Waals surface area contributed by atoms with Crippen LogP contribution in [0, 0.1) is 0 Å². The Labute approximate surface area is 230 Å². The number of aromatic amines is 1. The minimum Gasteiger partial charge on any atom is -0.490 e. The van der Waals surface area contributed by atoms with Gasteiger partial charge in [0.05, 0.1) is 30.5 Å². The van der Waals surface area contributed by atoms with E-state index in [0.717, 1.165) is 86.3 Å². The van der Waals surface area contributed by atoms with E-state index in [1.54, 1.807) is 0 Å². The van der Waals surface area contributed by atoms with E-state index in [0.29, 0.717) is 18.5 Å². The summed E-state index contributed by atoms with van der Waals surface area (Å²) in [6, 6.07) is 13.7. The summed E-state index contributed by atoms with van der Waals surface area (Å²) in [6.45, 7) is 4.08. The van der Waals surface area contributed by atoms with E-state index in [9.17, 15) is 9.90 Å². The maximum absolute atomic E-state index is 13.4. The average Bonchev–Trinajstić information content (AvgIpc) is 3.41. The molecule has 2 aromatic carbocycles. The number of nitrogens with one attached hydrogen (secondary N) is 2. The zero-order valence-electron chi connectivity index (χ0n) is 22.7. The van der Waals surface area contributed by atoms with Crippen molar-refractivity contribution >= 4 is 16.8 Å². The fourth-order valence-corrected chi connectivity index (χ4v) is 6.69. The number of hydrogen-bond donors (Lipinski definition) is 3. The maximum atomic E-state index is 13.4. The van der Waals surface area contributed by atoms with E-state index >= 15 is 0 Å². The second-order valence-electron chi connectivity index (χ2n) is 11.5. The number of rotatable bonds is 7. The smallest absolute Gasteiger partial charge is 0.251 e. The molecule has 3 fully saturated rings. The number of fused-ring (bicyclic) bond motifs is 1. The monoisotopic (exact) mass is 532 g/mol. The number of hydrogen-bond acceptors (Lipinski definition) is 6. The van der Waals surface area contributed by atoms with Crippen LogP contribution in [0.15, 0.2) is 42.5 Å². The van der Waals surface area contributed by atoms with Gasteiger partial charge in [0.15, 0.2) is 0 Å². The molecule has 0 radical (unpaired) electrons. The SMILES string of the molecule is O=C(NCC1(N2CCOCC2)CCCCC1)c1ccc2[nH]nc(-c3ccc(O[C@@H]4CCC[C@H](O)C4)cc3)c2c1. The molecule has 3 N–H and O–H groups in total. The zero-order valence-corrected chi connectivity index (χ0v) is 22.7. The molecule has 3 aromatic rings. The van der Waals surface area contributed by atoms with Crippen LogP contribution in [0.2, 0.25) is 0 Å². The Balaban J connectivity index is 1.16. The summed E-state index contributed by atoms with van der Waals surface area (Å²) < 4.78 is 11.7. The molecule has 2 atom stereocenters. The molecule has 0 bridgehead atoms. The molecule has 1 aliphatic heterocycles. The minimum atomic E-state index is -0.266. The van der Waals surface area contributed by atoms with E-state index in [1.807, 2.05) is 42.5 Å². The molecule has 1 saturated heterocycles. The third-order valence-electron chi connectivity index (χ3n) is 8.90. The second kappa shape index (κ2) is 11.7. The van der Waals surface area contributed by atoms with Crippen LogP contribution in [0.1, 0.15) is 68.1 Å². The van der Waals surface area contributed by atoms with Crippen LogP contribution in [0.4, 0.5) is 0 Å². The molecule has 2 heterocycles. The number of carbonyl (C=O) groups is 1. The first kappa shape index (κ1) is 26.3. The predicted molar refractivity (Wildman–Crippen MR) is 151 cm³/mol. The largest absolute Gasteiger partial charge is 0.490 e. The lowest BCUT2D eigenvalue weighted by atomic mass is 9.79. The Hall–Kier alpha value is -2.94. The van der Waals surface area contributed by atoms with Crippen LogP contribution in [0.3, 0.4) is 0 Å². The van der Waals surface area contributed by atoms with Gasteiger partial charge in [-0.1, -0.05) is 19.3 Å². The molecule has 8 heteroatoms. The number of ether oxygens (including phenoxy) is 2. The Morgan fingerprint density at radius 2 is 1.87 bits per heavy atom.